The van der Waals surface area contributed by atoms with Crippen molar-refractivity contribution >= 4 is 46.1 Å². The van der Waals surface area contributed by atoms with Crippen molar-refractivity contribution in [3.8, 4) is 11.3 Å². The number of carbonyl (C=O) groups is 2. The molecule has 0 aliphatic carbocycles. The van der Waals surface area contributed by atoms with E-state index in [4.69, 9.17) is 16.6 Å². The highest BCUT2D eigenvalue weighted by Gasteiger charge is 2.22. The maximum Gasteiger partial charge on any atom is 0.263 e. The SMILES string of the molecule is CC(=O)c1ccc(-c2ccc(/C=C3/SC(=S)NC3=O)o2)cc1. The third-order valence-electron chi connectivity index (χ3n) is 3.12. The molecule has 1 aromatic heterocycles. The number of carbonyl (C=O) groups excluding carboxylic acids is 2. The predicted octanol–water partition coefficient (Wildman–Crippen LogP) is 3.64. The predicted molar refractivity (Wildman–Crippen MR) is 90.5 cm³/mol. The van der Waals surface area contributed by atoms with Gasteiger partial charge in [0.2, 0.25) is 0 Å². The minimum Gasteiger partial charge on any atom is -0.457 e. The van der Waals surface area contributed by atoms with Gasteiger partial charge in [0.15, 0.2) is 5.78 Å². The van der Waals surface area contributed by atoms with Crippen LogP contribution >= 0.6 is 24.0 Å². The minimum atomic E-state index is -0.209. The number of hydrogen-bond acceptors (Lipinski definition) is 5. The summed E-state index contributed by atoms with van der Waals surface area (Å²) in [5, 5.41) is 2.56. The van der Waals surface area contributed by atoms with Gasteiger partial charge in [-0.05, 0) is 19.1 Å². The van der Waals surface area contributed by atoms with Crippen LogP contribution in [-0.4, -0.2) is 16.0 Å². The van der Waals surface area contributed by atoms with Crippen molar-refractivity contribution in [2.75, 3.05) is 0 Å². The fraction of sp³-hybridized carbons (Fsp3) is 0.0625. The first-order valence-corrected chi connectivity index (χ1v) is 7.71. The van der Waals surface area contributed by atoms with Gasteiger partial charge in [0.25, 0.3) is 5.91 Å². The molecule has 1 amide bonds. The second-order valence-electron chi connectivity index (χ2n) is 4.69. The van der Waals surface area contributed by atoms with E-state index >= 15 is 0 Å². The van der Waals surface area contributed by atoms with Crippen molar-refractivity contribution in [3.63, 3.8) is 0 Å². The van der Waals surface area contributed by atoms with Crippen LogP contribution in [-0.2, 0) is 4.79 Å². The van der Waals surface area contributed by atoms with Crippen LogP contribution in [0.15, 0.2) is 45.7 Å². The topological polar surface area (TPSA) is 59.3 Å². The van der Waals surface area contributed by atoms with E-state index in [2.05, 4.69) is 5.32 Å². The molecule has 2 heterocycles. The van der Waals surface area contributed by atoms with Crippen molar-refractivity contribution in [3.05, 3.63) is 52.6 Å². The fourth-order valence-corrected chi connectivity index (χ4v) is 3.03. The molecule has 110 valence electrons. The number of thioether (sulfide) groups is 1. The zero-order chi connectivity index (χ0) is 15.7. The van der Waals surface area contributed by atoms with Gasteiger partial charge in [0.1, 0.15) is 15.8 Å². The molecule has 0 spiro atoms. The molecule has 0 radical (unpaired) electrons. The van der Waals surface area contributed by atoms with Crippen LogP contribution in [0.4, 0.5) is 0 Å². The molecule has 1 N–H and O–H groups in total. The van der Waals surface area contributed by atoms with Crippen LogP contribution in [0.2, 0.25) is 0 Å². The van der Waals surface area contributed by atoms with Crippen LogP contribution in [0, 0.1) is 0 Å². The zero-order valence-electron chi connectivity index (χ0n) is 11.6. The van der Waals surface area contributed by atoms with E-state index in [0.717, 1.165) is 5.56 Å². The highest BCUT2D eigenvalue weighted by Crippen LogP contribution is 2.28. The van der Waals surface area contributed by atoms with Crippen molar-refractivity contribution in [2.45, 2.75) is 6.92 Å². The van der Waals surface area contributed by atoms with Gasteiger partial charge in [-0.3, -0.25) is 9.59 Å². The maximum absolute atomic E-state index is 11.6. The Morgan fingerprint density at radius 2 is 1.95 bits per heavy atom. The number of hydrogen-bond donors (Lipinski definition) is 1. The van der Waals surface area contributed by atoms with E-state index < -0.39 is 0 Å². The molecule has 1 aromatic carbocycles. The summed E-state index contributed by atoms with van der Waals surface area (Å²) in [5.41, 5.74) is 1.53. The lowest BCUT2D eigenvalue weighted by atomic mass is 10.1. The van der Waals surface area contributed by atoms with E-state index in [1.54, 1.807) is 24.3 Å². The van der Waals surface area contributed by atoms with Crippen LogP contribution in [0.3, 0.4) is 0 Å². The average molecular weight is 329 g/mol. The molecule has 1 fully saturated rings. The Bertz CT molecular complexity index is 803. The summed E-state index contributed by atoms with van der Waals surface area (Å²) in [5.74, 6) is 1.07. The smallest absolute Gasteiger partial charge is 0.263 e. The summed E-state index contributed by atoms with van der Waals surface area (Å²) < 4.78 is 6.16. The summed E-state index contributed by atoms with van der Waals surface area (Å²) in [6.07, 6.45) is 1.66. The van der Waals surface area contributed by atoms with Gasteiger partial charge in [0, 0.05) is 17.2 Å². The Morgan fingerprint density at radius 1 is 1.23 bits per heavy atom. The number of rotatable bonds is 3. The van der Waals surface area contributed by atoms with Crippen molar-refractivity contribution < 1.29 is 14.0 Å². The Balaban J connectivity index is 1.85. The Hall–Kier alpha value is -2.18. The lowest BCUT2D eigenvalue weighted by molar-refractivity contribution is -0.115. The lowest BCUT2D eigenvalue weighted by Gasteiger charge is -1.99. The number of thiocarbonyl (C=S) groups is 1. The normalized spacial score (nSPS) is 16.1. The van der Waals surface area contributed by atoms with Gasteiger partial charge in [-0.25, -0.2) is 0 Å². The quantitative estimate of drug-likeness (QED) is 0.529. The molecule has 22 heavy (non-hydrogen) atoms. The summed E-state index contributed by atoms with van der Waals surface area (Å²) in [4.78, 5) is 23.4. The highest BCUT2D eigenvalue weighted by atomic mass is 32.2. The first-order chi connectivity index (χ1) is 10.5. The standard InChI is InChI=1S/C16H11NO3S2/c1-9(18)10-2-4-11(5-3-10)13-7-6-12(20-13)8-14-15(19)17-16(21)22-14/h2-8H,1H3,(H,17,19,21)/b14-8+. The first kappa shape index (κ1) is 14.7. The Morgan fingerprint density at radius 3 is 2.55 bits per heavy atom. The minimum absolute atomic E-state index is 0.0247. The molecular weight excluding hydrogens is 318 g/mol. The van der Waals surface area contributed by atoms with Gasteiger partial charge in [-0.2, -0.15) is 0 Å². The molecular formula is C16H11NO3S2. The first-order valence-electron chi connectivity index (χ1n) is 6.49. The molecule has 1 aliphatic heterocycles. The zero-order valence-corrected chi connectivity index (χ0v) is 13.2. The monoisotopic (exact) mass is 329 g/mol. The largest absolute Gasteiger partial charge is 0.457 e. The molecule has 0 saturated carbocycles. The maximum atomic E-state index is 11.6. The van der Waals surface area contributed by atoms with Crippen LogP contribution in [0.5, 0.6) is 0 Å². The molecule has 1 saturated heterocycles. The Labute approximate surface area is 136 Å². The van der Waals surface area contributed by atoms with E-state index in [9.17, 15) is 9.59 Å². The number of amides is 1. The fourth-order valence-electron chi connectivity index (χ4n) is 2.01. The molecule has 2 aromatic rings. The summed E-state index contributed by atoms with van der Waals surface area (Å²) in [7, 11) is 0. The second kappa shape index (κ2) is 5.90. The second-order valence-corrected chi connectivity index (χ2v) is 6.41. The van der Waals surface area contributed by atoms with E-state index in [0.29, 0.717) is 26.3 Å². The molecule has 4 nitrogen and oxygen atoms in total. The van der Waals surface area contributed by atoms with Crippen LogP contribution in [0.1, 0.15) is 23.0 Å². The molecule has 6 heteroatoms. The number of ketones is 1. The lowest BCUT2D eigenvalue weighted by Crippen LogP contribution is -2.17. The highest BCUT2D eigenvalue weighted by molar-refractivity contribution is 8.26. The molecule has 0 atom stereocenters. The van der Waals surface area contributed by atoms with Crippen molar-refractivity contribution in [1.82, 2.24) is 5.32 Å². The van der Waals surface area contributed by atoms with E-state index in [1.807, 2.05) is 18.2 Å². The number of furan rings is 1. The molecule has 3 rings (SSSR count). The van der Waals surface area contributed by atoms with Crippen molar-refractivity contribution in [2.24, 2.45) is 0 Å². The molecule has 0 bridgehead atoms. The Kier molecular flexibility index (Phi) is 3.96. The average Bonchev–Trinajstić information content (AvgIpc) is 3.06. The summed E-state index contributed by atoms with van der Waals surface area (Å²) in [6, 6.07) is 10.8. The van der Waals surface area contributed by atoms with Gasteiger partial charge in [0.05, 0.1) is 4.91 Å². The molecule has 1 aliphatic rings. The van der Waals surface area contributed by atoms with Crippen LogP contribution < -0.4 is 5.32 Å². The van der Waals surface area contributed by atoms with Gasteiger partial charge in [-0.1, -0.05) is 48.2 Å². The summed E-state index contributed by atoms with van der Waals surface area (Å²) in [6.45, 7) is 1.53. The number of nitrogens with one attached hydrogen (secondary N) is 1. The van der Waals surface area contributed by atoms with Gasteiger partial charge < -0.3 is 9.73 Å². The summed E-state index contributed by atoms with van der Waals surface area (Å²) >= 11 is 6.15. The van der Waals surface area contributed by atoms with Crippen molar-refractivity contribution in [1.29, 1.82) is 0 Å². The number of benzene rings is 1. The molecule has 0 unspecified atom stereocenters. The van der Waals surface area contributed by atoms with Gasteiger partial charge >= 0.3 is 0 Å². The number of Topliss-reactive ketones (excluding diaryl/α,β-unsaturated/α-hetero) is 1. The third-order valence-corrected chi connectivity index (χ3v) is 4.28. The van der Waals surface area contributed by atoms with Gasteiger partial charge in [-0.15, -0.1) is 0 Å². The third kappa shape index (κ3) is 3.03. The van der Waals surface area contributed by atoms with E-state index in [-0.39, 0.29) is 11.7 Å². The van der Waals surface area contributed by atoms with E-state index in [1.165, 1.54) is 18.7 Å². The van der Waals surface area contributed by atoms with Crippen LogP contribution in [0.25, 0.3) is 17.4 Å².